The first-order valence-corrected chi connectivity index (χ1v) is 7.50. The van der Waals surface area contributed by atoms with Gasteiger partial charge >= 0.3 is 5.97 Å². The van der Waals surface area contributed by atoms with Gasteiger partial charge in [-0.05, 0) is 28.8 Å². The highest BCUT2D eigenvalue weighted by atomic mass is 16.5. The smallest absolute Gasteiger partial charge is 0.328 e. The predicted molar refractivity (Wildman–Crippen MR) is 88.2 cm³/mol. The summed E-state index contributed by atoms with van der Waals surface area (Å²) in [5, 5.41) is 4.78. The van der Waals surface area contributed by atoms with Crippen molar-refractivity contribution in [3.05, 3.63) is 42.5 Å². The van der Waals surface area contributed by atoms with Gasteiger partial charge in [0.25, 0.3) is 5.91 Å². The minimum atomic E-state index is -0.673. The molecule has 5 heteroatoms. The zero-order valence-corrected chi connectivity index (χ0v) is 13.5. The summed E-state index contributed by atoms with van der Waals surface area (Å²) in [5.74, 6) is -0.272. The Morgan fingerprint density at radius 3 is 2.43 bits per heavy atom. The van der Waals surface area contributed by atoms with Crippen LogP contribution in [0.25, 0.3) is 10.8 Å². The molecule has 2 rings (SSSR count). The fourth-order valence-corrected chi connectivity index (χ4v) is 2.25. The molecule has 23 heavy (non-hydrogen) atoms. The van der Waals surface area contributed by atoms with E-state index in [9.17, 15) is 9.59 Å². The van der Waals surface area contributed by atoms with Gasteiger partial charge in [-0.15, -0.1) is 0 Å². The number of benzene rings is 2. The van der Waals surface area contributed by atoms with Gasteiger partial charge in [0.05, 0.1) is 7.11 Å². The van der Waals surface area contributed by atoms with Gasteiger partial charge < -0.3 is 14.8 Å². The van der Waals surface area contributed by atoms with Gasteiger partial charge in [-0.2, -0.15) is 0 Å². The van der Waals surface area contributed by atoms with Crippen molar-refractivity contribution in [2.75, 3.05) is 13.7 Å². The van der Waals surface area contributed by atoms with Gasteiger partial charge in [0.15, 0.2) is 6.61 Å². The number of ether oxygens (including phenoxy) is 2. The fourth-order valence-electron chi connectivity index (χ4n) is 2.25. The minimum Gasteiger partial charge on any atom is -0.484 e. The van der Waals surface area contributed by atoms with E-state index in [2.05, 4.69) is 5.32 Å². The van der Waals surface area contributed by atoms with E-state index in [1.54, 1.807) is 0 Å². The third kappa shape index (κ3) is 4.45. The zero-order valence-electron chi connectivity index (χ0n) is 13.5. The Morgan fingerprint density at radius 1 is 1.09 bits per heavy atom. The molecule has 0 unspecified atom stereocenters. The molecule has 0 spiro atoms. The van der Waals surface area contributed by atoms with Gasteiger partial charge in [0.2, 0.25) is 0 Å². The van der Waals surface area contributed by atoms with Crippen LogP contribution in [0.2, 0.25) is 0 Å². The van der Waals surface area contributed by atoms with E-state index in [0.29, 0.717) is 5.75 Å². The average Bonchev–Trinajstić information content (AvgIpc) is 2.56. The molecule has 1 amide bonds. The van der Waals surface area contributed by atoms with Crippen molar-refractivity contribution in [2.45, 2.75) is 19.9 Å². The molecule has 0 fully saturated rings. The first kappa shape index (κ1) is 16.8. The van der Waals surface area contributed by atoms with Crippen molar-refractivity contribution in [1.82, 2.24) is 5.32 Å². The van der Waals surface area contributed by atoms with Crippen LogP contribution in [0.15, 0.2) is 42.5 Å². The summed E-state index contributed by atoms with van der Waals surface area (Å²) >= 11 is 0. The van der Waals surface area contributed by atoms with Crippen LogP contribution >= 0.6 is 0 Å². The summed E-state index contributed by atoms with van der Waals surface area (Å²) in [7, 11) is 1.30. The van der Waals surface area contributed by atoms with Crippen LogP contribution in [0, 0.1) is 5.92 Å². The number of nitrogens with one attached hydrogen (secondary N) is 1. The van der Waals surface area contributed by atoms with E-state index in [1.807, 2.05) is 56.3 Å². The van der Waals surface area contributed by atoms with E-state index in [1.165, 1.54) is 7.11 Å². The maximum Gasteiger partial charge on any atom is 0.328 e. The maximum atomic E-state index is 12.0. The van der Waals surface area contributed by atoms with Crippen LogP contribution in [0.3, 0.4) is 0 Å². The fraction of sp³-hybridized carbons (Fsp3) is 0.333. The molecule has 0 bridgehead atoms. The quantitative estimate of drug-likeness (QED) is 0.832. The summed E-state index contributed by atoms with van der Waals surface area (Å²) < 4.78 is 10.2. The molecule has 2 aromatic carbocycles. The van der Waals surface area contributed by atoms with E-state index < -0.39 is 12.0 Å². The summed E-state index contributed by atoms with van der Waals surface area (Å²) in [6.07, 6.45) is 0. The molecule has 0 saturated heterocycles. The van der Waals surface area contributed by atoms with Crippen LogP contribution in [0.5, 0.6) is 5.75 Å². The molecule has 0 aromatic heterocycles. The Bertz CT molecular complexity index is 696. The summed E-state index contributed by atoms with van der Waals surface area (Å²) in [6, 6.07) is 12.9. The van der Waals surface area contributed by atoms with Crippen molar-refractivity contribution >= 4 is 22.6 Å². The number of amides is 1. The minimum absolute atomic E-state index is 0.0629. The van der Waals surface area contributed by atoms with Crippen LogP contribution in [0.4, 0.5) is 0 Å². The molecular formula is C18H21NO4. The second kappa shape index (κ2) is 7.63. The summed E-state index contributed by atoms with van der Waals surface area (Å²) in [5.41, 5.74) is 0. The van der Waals surface area contributed by atoms with Crippen molar-refractivity contribution in [1.29, 1.82) is 0 Å². The van der Waals surface area contributed by atoms with E-state index in [4.69, 9.17) is 9.47 Å². The van der Waals surface area contributed by atoms with Gasteiger partial charge in [-0.3, -0.25) is 4.79 Å². The molecule has 1 N–H and O–H groups in total. The Hall–Kier alpha value is -2.56. The predicted octanol–water partition coefficient (Wildman–Crippen LogP) is 2.53. The Morgan fingerprint density at radius 2 is 1.78 bits per heavy atom. The number of carbonyl (C=O) groups is 2. The average molecular weight is 315 g/mol. The number of methoxy groups -OCH3 is 1. The number of esters is 1. The van der Waals surface area contributed by atoms with E-state index in [-0.39, 0.29) is 18.4 Å². The summed E-state index contributed by atoms with van der Waals surface area (Å²) in [4.78, 5) is 23.6. The zero-order chi connectivity index (χ0) is 16.8. The molecule has 0 aliphatic carbocycles. The van der Waals surface area contributed by atoms with Crippen molar-refractivity contribution < 1.29 is 19.1 Å². The van der Waals surface area contributed by atoms with Gasteiger partial charge in [0, 0.05) is 0 Å². The molecule has 0 aliphatic rings. The monoisotopic (exact) mass is 315 g/mol. The number of fused-ring (bicyclic) bond motifs is 1. The molecule has 122 valence electrons. The lowest BCUT2D eigenvalue weighted by molar-refractivity contribution is -0.146. The van der Waals surface area contributed by atoms with E-state index in [0.717, 1.165) is 10.8 Å². The molecule has 0 aliphatic heterocycles. The highest BCUT2D eigenvalue weighted by Gasteiger charge is 2.24. The van der Waals surface area contributed by atoms with E-state index >= 15 is 0 Å². The number of carbonyl (C=O) groups excluding carboxylic acids is 2. The van der Waals surface area contributed by atoms with Crippen LogP contribution in [-0.4, -0.2) is 31.6 Å². The van der Waals surface area contributed by atoms with Crippen LogP contribution < -0.4 is 10.1 Å². The van der Waals surface area contributed by atoms with Crippen LogP contribution in [-0.2, 0) is 14.3 Å². The third-order valence-electron chi connectivity index (χ3n) is 3.53. The molecular weight excluding hydrogens is 294 g/mol. The Balaban J connectivity index is 1.95. The first-order chi connectivity index (χ1) is 11.0. The highest BCUT2D eigenvalue weighted by molar-refractivity contribution is 5.86. The van der Waals surface area contributed by atoms with Gasteiger partial charge in [0.1, 0.15) is 11.8 Å². The van der Waals surface area contributed by atoms with Gasteiger partial charge in [-0.1, -0.05) is 44.2 Å². The topological polar surface area (TPSA) is 64.6 Å². The normalized spacial score (nSPS) is 12.0. The number of hydrogen-bond donors (Lipinski definition) is 1. The number of hydrogen-bond acceptors (Lipinski definition) is 4. The first-order valence-electron chi connectivity index (χ1n) is 7.50. The number of rotatable bonds is 6. The second-order valence-corrected chi connectivity index (χ2v) is 5.61. The summed E-state index contributed by atoms with van der Waals surface area (Å²) in [6.45, 7) is 3.52. The highest BCUT2D eigenvalue weighted by Crippen LogP contribution is 2.20. The lowest BCUT2D eigenvalue weighted by Gasteiger charge is -2.19. The molecule has 2 aromatic rings. The Kier molecular flexibility index (Phi) is 5.57. The molecule has 5 nitrogen and oxygen atoms in total. The van der Waals surface area contributed by atoms with Gasteiger partial charge in [-0.25, -0.2) is 4.79 Å². The molecule has 0 saturated carbocycles. The molecule has 0 heterocycles. The Labute approximate surface area is 135 Å². The molecule has 0 radical (unpaired) electrons. The largest absolute Gasteiger partial charge is 0.484 e. The SMILES string of the molecule is COC(=O)[C@@H](NC(=O)COc1ccc2ccccc2c1)C(C)C. The standard InChI is InChI=1S/C18H21NO4/c1-12(2)17(18(21)22-3)19-16(20)11-23-15-9-8-13-6-4-5-7-14(13)10-15/h4-10,12,17H,11H2,1-3H3,(H,19,20)/t17-/m0/s1. The lowest BCUT2D eigenvalue weighted by atomic mass is 10.0. The third-order valence-corrected chi connectivity index (χ3v) is 3.53. The second-order valence-electron chi connectivity index (χ2n) is 5.61. The maximum absolute atomic E-state index is 12.0. The van der Waals surface area contributed by atoms with Crippen molar-refractivity contribution in [3.63, 3.8) is 0 Å². The van der Waals surface area contributed by atoms with Crippen molar-refractivity contribution in [2.24, 2.45) is 5.92 Å². The van der Waals surface area contributed by atoms with Crippen molar-refractivity contribution in [3.8, 4) is 5.75 Å². The lowest BCUT2D eigenvalue weighted by Crippen LogP contribution is -2.46. The van der Waals surface area contributed by atoms with Crippen LogP contribution in [0.1, 0.15) is 13.8 Å². The molecule has 1 atom stereocenters.